The Hall–Kier alpha value is -0.850. The lowest BCUT2D eigenvalue weighted by Crippen LogP contribution is -2.16. The summed E-state index contributed by atoms with van der Waals surface area (Å²) in [5.41, 5.74) is 0. The van der Waals surface area contributed by atoms with Crippen molar-refractivity contribution < 1.29 is 0 Å². The lowest BCUT2D eigenvalue weighted by Gasteiger charge is -2.14. The number of rotatable bonds is 2. The Balaban J connectivity index is 2.82. The van der Waals surface area contributed by atoms with Crippen LogP contribution in [0.3, 0.4) is 0 Å². The second kappa shape index (κ2) is 3.51. The summed E-state index contributed by atoms with van der Waals surface area (Å²) >= 11 is 1.62. The van der Waals surface area contributed by atoms with Gasteiger partial charge >= 0.3 is 0 Å². The fourth-order valence-corrected chi connectivity index (χ4v) is 1.74. The van der Waals surface area contributed by atoms with Crippen molar-refractivity contribution in [3.05, 3.63) is 22.4 Å². The molecule has 0 N–H and O–H groups in total. The smallest absolute Gasteiger partial charge is 0.132 e. The molecule has 1 rings (SSSR count). The normalized spacial score (nSPS) is 12.9. The standard InChI is InChI=1S/C8H10N2S/c1-10(2)7(6-9)8-4-3-5-11-8/h3-5,7H,1-2H3. The third-order valence-electron chi connectivity index (χ3n) is 1.45. The zero-order valence-electron chi connectivity index (χ0n) is 6.61. The maximum Gasteiger partial charge on any atom is 0.132 e. The second-order valence-electron chi connectivity index (χ2n) is 2.51. The van der Waals surface area contributed by atoms with Crippen LogP contribution in [0.25, 0.3) is 0 Å². The highest BCUT2D eigenvalue weighted by molar-refractivity contribution is 7.10. The van der Waals surface area contributed by atoms with E-state index in [9.17, 15) is 0 Å². The van der Waals surface area contributed by atoms with Crippen LogP contribution in [0, 0.1) is 11.3 Å². The Morgan fingerprint density at radius 3 is 2.73 bits per heavy atom. The molecular formula is C8H10N2S. The molecule has 58 valence electrons. The first kappa shape index (κ1) is 8.25. The topological polar surface area (TPSA) is 27.0 Å². The Bertz CT molecular complexity index is 246. The quantitative estimate of drug-likeness (QED) is 0.670. The van der Waals surface area contributed by atoms with Crippen molar-refractivity contribution in [1.29, 1.82) is 5.26 Å². The molecule has 0 aliphatic heterocycles. The van der Waals surface area contributed by atoms with E-state index >= 15 is 0 Å². The van der Waals surface area contributed by atoms with Crippen LogP contribution in [0.1, 0.15) is 10.9 Å². The first-order chi connectivity index (χ1) is 5.25. The van der Waals surface area contributed by atoms with E-state index in [1.54, 1.807) is 11.3 Å². The first-order valence-electron chi connectivity index (χ1n) is 3.35. The Kier molecular flexibility index (Phi) is 2.64. The molecule has 0 aromatic carbocycles. The average Bonchev–Trinajstić information content (AvgIpc) is 2.40. The molecule has 11 heavy (non-hydrogen) atoms. The summed E-state index contributed by atoms with van der Waals surface area (Å²) in [6.07, 6.45) is 0. The van der Waals surface area contributed by atoms with Gasteiger partial charge in [0.1, 0.15) is 6.04 Å². The van der Waals surface area contributed by atoms with Crippen molar-refractivity contribution in [3.8, 4) is 6.07 Å². The van der Waals surface area contributed by atoms with Crippen molar-refractivity contribution in [2.75, 3.05) is 14.1 Å². The number of nitriles is 1. The zero-order chi connectivity index (χ0) is 8.27. The molecule has 0 aliphatic carbocycles. The van der Waals surface area contributed by atoms with Crippen LogP contribution in [0.4, 0.5) is 0 Å². The monoisotopic (exact) mass is 166 g/mol. The van der Waals surface area contributed by atoms with Crippen molar-refractivity contribution in [3.63, 3.8) is 0 Å². The van der Waals surface area contributed by atoms with E-state index in [1.807, 2.05) is 36.5 Å². The molecule has 0 amide bonds. The maximum atomic E-state index is 8.78. The van der Waals surface area contributed by atoms with Crippen molar-refractivity contribution in [1.82, 2.24) is 4.90 Å². The van der Waals surface area contributed by atoms with Gasteiger partial charge in [-0.05, 0) is 25.5 Å². The fraction of sp³-hybridized carbons (Fsp3) is 0.375. The highest BCUT2D eigenvalue weighted by Crippen LogP contribution is 2.21. The van der Waals surface area contributed by atoms with Crippen LogP contribution in [0.5, 0.6) is 0 Å². The maximum absolute atomic E-state index is 8.78. The second-order valence-corrected chi connectivity index (χ2v) is 3.49. The molecule has 1 atom stereocenters. The largest absolute Gasteiger partial charge is 0.290 e. The van der Waals surface area contributed by atoms with Gasteiger partial charge in [-0.15, -0.1) is 11.3 Å². The molecule has 0 spiro atoms. The van der Waals surface area contributed by atoms with E-state index in [2.05, 4.69) is 6.07 Å². The molecule has 1 unspecified atom stereocenters. The lowest BCUT2D eigenvalue weighted by molar-refractivity contribution is 0.362. The van der Waals surface area contributed by atoms with E-state index in [4.69, 9.17) is 5.26 Å². The van der Waals surface area contributed by atoms with Gasteiger partial charge < -0.3 is 0 Å². The van der Waals surface area contributed by atoms with Crippen LogP contribution < -0.4 is 0 Å². The van der Waals surface area contributed by atoms with Crippen LogP contribution in [-0.2, 0) is 0 Å². The van der Waals surface area contributed by atoms with Gasteiger partial charge in [-0.2, -0.15) is 5.26 Å². The number of hydrogen-bond donors (Lipinski definition) is 0. The summed E-state index contributed by atoms with van der Waals surface area (Å²) in [6.45, 7) is 0. The minimum Gasteiger partial charge on any atom is -0.290 e. The zero-order valence-corrected chi connectivity index (χ0v) is 7.43. The molecule has 0 fully saturated rings. The van der Waals surface area contributed by atoms with E-state index < -0.39 is 0 Å². The van der Waals surface area contributed by atoms with Crippen molar-refractivity contribution in [2.45, 2.75) is 6.04 Å². The Labute approximate surface area is 70.7 Å². The van der Waals surface area contributed by atoms with E-state index in [0.717, 1.165) is 4.88 Å². The highest BCUT2D eigenvalue weighted by Gasteiger charge is 2.12. The summed E-state index contributed by atoms with van der Waals surface area (Å²) in [7, 11) is 3.82. The third-order valence-corrected chi connectivity index (χ3v) is 2.38. The SMILES string of the molecule is CN(C)C(C#N)c1cccs1. The van der Waals surface area contributed by atoms with E-state index in [-0.39, 0.29) is 6.04 Å². The highest BCUT2D eigenvalue weighted by atomic mass is 32.1. The van der Waals surface area contributed by atoms with Crippen molar-refractivity contribution >= 4 is 11.3 Å². The lowest BCUT2D eigenvalue weighted by atomic mass is 10.2. The molecule has 0 saturated carbocycles. The van der Waals surface area contributed by atoms with Gasteiger partial charge in [-0.1, -0.05) is 6.07 Å². The summed E-state index contributed by atoms with van der Waals surface area (Å²) in [6, 6.07) is 6.10. The van der Waals surface area contributed by atoms with E-state index in [1.165, 1.54) is 0 Å². The third kappa shape index (κ3) is 1.79. The Morgan fingerprint density at radius 1 is 1.64 bits per heavy atom. The van der Waals surface area contributed by atoms with Crippen LogP contribution in [0.2, 0.25) is 0 Å². The van der Waals surface area contributed by atoms with Crippen LogP contribution in [-0.4, -0.2) is 19.0 Å². The number of hydrogen-bond acceptors (Lipinski definition) is 3. The van der Waals surface area contributed by atoms with E-state index in [0.29, 0.717) is 0 Å². The van der Waals surface area contributed by atoms with Gasteiger partial charge in [0.25, 0.3) is 0 Å². The summed E-state index contributed by atoms with van der Waals surface area (Å²) < 4.78 is 0. The predicted octanol–water partition coefficient (Wildman–Crippen LogP) is 1.87. The van der Waals surface area contributed by atoms with Gasteiger partial charge in [0.2, 0.25) is 0 Å². The van der Waals surface area contributed by atoms with Gasteiger partial charge in [0, 0.05) is 4.88 Å². The molecule has 0 bridgehead atoms. The van der Waals surface area contributed by atoms with Gasteiger partial charge in [-0.3, -0.25) is 4.90 Å². The van der Waals surface area contributed by atoms with Gasteiger partial charge in [0.05, 0.1) is 6.07 Å². The Morgan fingerprint density at radius 2 is 2.36 bits per heavy atom. The molecule has 3 heteroatoms. The summed E-state index contributed by atoms with van der Waals surface area (Å²) in [5.74, 6) is 0. The molecule has 0 aliphatic rings. The molecular weight excluding hydrogens is 156 g/mol. The minimum absolute atomic E-state index is 0.0880. The number of nitrogens with zero attached hydrogens (tertiary/aromatic N) is 2. The number of thiophene rings is 1. The summed E-state index contributed by atoms with van der Waals surface area (Å²) in [4.78, 5) is 3.02. The summed E-state index contributed by atoms with van der Waals surface area (Å²) in [5, 5.41) is 10.8. The van der Waals surface area contributed by atoms with Gasteiger partial charge in [-0.25, -0.2) is 0 Å². The molecule has 0 radical (unpaired) electrons. The fourth-order valence-electron chi connectivity index (χ4n) is 0.880. The van der Waals surface area contributed by atoms with Gasteiger partial charge in [0.15, 0.2) is 0 Å². The molecule has 1 aromatic heterocycles. The van der Waals surface area contributed by atoms with Crippen LogP contribution in [0.15, 0.2) is 17.5 Å². The minimum atomic E-state index is -0.0880. The molecule has 1 aromatic rings. The van der Waals surface area contributed by atoms with Crippen molar-refractivity contribution in [2.24, 2.45) is 0 Å². The molecule has 2 nitrogen and oxygen atoms in total. The first-order valence-corrected chi connectivity index (χ1v) is 4.23. The van der Waals surface area contributed by atoms with Crippen LogP contribution >= 0.6 is 11.3 Å². The molecule has 1 heterocycles. The average molecular weight is 166 g/mol. The molecule has 0 saturated heterocycles. The predicted molar refractivity (Wildman–Crippen MR) is 46.4 cm³/mol.